The van der Waals surface area contributed by atoms with Gasteiger partial charge in [0.15, 0.2) is 11.8 Å². The molecule has 20 heavy (non-hydrogen) atoms. The van der Waals surface area contributed by atoms with Crippen molar-refractivity contribution in [2.24, 2.45) is 0 Å². The summed E-state index contributed by atoms with van der Waals surface area (Å²) in [5.74, 6) is -1.32. The number of fused-ring (bicyclic) bond motifs is 1. The monoisotopic (exact) mass is 284 g/mol. The van der Waals surface area contributed by atoms with Crippen molar-refractivity contribution in [1.29, 1.82) is 0 Å². The van der Waals surface area contributed by atoms with Crippen LogP contribution in [0.2, 0.25) is 0 Å². The molecule has 1 amide bonds. The zero-order valence-electron chi connectivity index (χ0n) is 11.4. The highest BCUT2D eigenvalue weighted by molar-refractivity contribution is 5.81. The summed E-state index contributed by atoms with van der Waals surface area (Å²) in [7, 11) is 0. The second kappa shape index (κ2) is 4.69. The van der Waals surface area contributed by atoms with Gasteiger partial charge in [0, 0.05) is 6.54 Å². The van der Waals surface area contributed by atoms with E-state index in [0.717, 1.165) is 4.90 Å². The van der Waals surface area contributed by atoms with Crippen molar-refractivity contribution in [2.75, 3.05) is 6.54 Å². The van der Waals surface area contributed by atoms with Crippen LogP contribution in [0.25, 0.3) is 0 Å². The average molecular weight is 284 g/mol. The largest absolute Gasteiger partial charge is 0.479 e. The van der Waals surface area contributed by atoms with E-state index in [2.05, 4.69) is 5.16 Å². The van der Waals surface area contributed by atoms with E-state index in [1.165, 1.54) is 0 Å². The number of amides is 1. The third-order valence-electron chi connectivity index (χ3n) is 2.85. The number of H-pyrrole nitrogens is 1. The molecule has 0 bridgehead atoms. The number of hydrogen-bond donors (Lipinski definition) is 2. The van der Waals surface area contributed by atoms with Crippen molar-refractivity contribution in [3.05, 3.63) is 21.7 Å². The number of carboxylic acid groups (broad SMARTS) is 1. The number of carboxylic acids is 1. The van der Waals surface area contributed by atoms with Gasteiger partial charge in [-0.25, -0.2) is 9.59 Å². The molecule has 0 fully saturated rings. The predicted octanol–water partition coefficient (Wildman–Crippen LogP) is 0.887. The van der Waals surface area contributed by atoms with Gasteiger partial charge in [0.2, 0.25) is 0 Å². The van der Waals surface area contributed by atoms with Gasteiger partial charge in [-0.2, -0.15) is 5.16 Å². The quantitative estimate of drug-likeness (QED) is 0.791. The SMILES string of the molecule is CC(C)(C)OC(=O)N1CCc2c(o[nH]c2=O)C1C(=O)O. The molecule has 0 saturated heterocycles. The number of carbonyl (C=O) groups is 2. The van der Waals surface area contributed by atoms with Gasteiger partial charge in [0.25, 0.3) is 5.56 Å². The van der Waals surface area contributed by atoms with Crippen molar-refractivity contribution in [3.63, 3.8) is 0 Å². The highest BCUT2D eigenvalue weighted by Gasteiger charge is 2.42. The first-order valence-corrected chi connectivity index (χ1v) is 6.13. The molecule has 1 unspecified atom stereocenters. The predicted molar refractivity (Wildman–Crippen MR) is 66.3 cm³/mol. The van der Waals surface area contributed by atoms with Gasteiger partial charge in [-0.1, -0.05) is 0 Å². The summed E-state index contributed by atoms with van der Waals surface area (Å²) >= 11 is 0. The molecule has 1 aromatic heterocycles. The molecule has 2 N–H and O–H groups in total. The van der Waals surface area contributed by atoms with Crippen LogP contribution >= 0.6 is 0 Å². The van der Waals surface area contributed by atoms with Gasteiger partial charge < -0.3 is 14.4 Å². The van der Waals surface area contributed by atoms with Crippen LogP contribution in [0.4, 0.5) is 4.79 Å². The Morgan fingerprint density at radius 2 is 2.10 bits per heavy atom. The molecule has 0 aliphatic carbocycles. The molecule has 1 aliphatic rings. The molecule has 2 rings (SSSR count). The first-order valence-electron chi connectivity index (χ1n) is 6.13. The number of hydrogen-bond acceptors (Lipinski definition) is 5. The average Bonchev–Trinajstić information content (AvgIpc) is 2.67. The fourth-order valence-corrected chi connectivity index (χ4v) is 2.06. The zero-order valence-corrected chi connectivity index (χ0v) is 11.4. The third-order valence-corrected chi connectivity index (χ3v) is 2.85. The molecule has 1 aliphatic heterocycles. The minimum Gasteiger partial charge on any atom is -0.479 e. The van der Waals surface area contributed by atoms with E-state index in [0.29, 0.717) is 0 Å². The van der Waals surface area contributed by atoms with E-state index in [1.54, 1.807) is 20.8 Å². The molecule has 0 aromatic carbocycles. The molecule has 0 radical (unpaired) electrons. The van der Waals surface area contributed by atoms with Gasteiger partial charge >= 0.3 is 12.1 Å². The summed E-state index contributed by atoms with van der Waals surface area (Å²) in [6.07, 6.45) is -0.524. The second-order valence-corrected chi connectivity index (χ2v) is 5.54. The van der Waals surface area contributed by atoms with E-state index in [4.69, 9.17) is 9.26 Å². The van der Waals surface area contributed by atoms with Gasteiger partial charge in [-0.05, 0) is 27.2 Å². The lowest BCUT2D eigenvalue weighted by atomic mass is 10.0. The summed E-state index contributed by atoms with van der Waals surface area (Å²) in [6, 6.07) is -1.35. The van der Waals surface area contributed by atoms with Crippen LogP contribution in [0.15, 0.2) is 9.32 Å². The molecule has 110 valence electrons. The smallest absolute Gasteiger partial charge is 0.411 e. The molecule has 0 spiro atoms. The number of aliphatic carboxylic acids is 1. The first kappa shape index (κ1) is 14.2. The van der Waals surface area contributed by atoms with Crippen molar-refractivity contribution >= 4 is 12.1 Å². The normalized spacial score (nSPS) is 18.6. The Bertz CT molecular complexity index is 594. The minimum atomic E-state index is -1.35. The topological polar surface area (TPSA) is 113 Å². The molecule has 0 saturated carbocycles. The Labute approximate surface area is 114 Å². The molecule has 1 aromatic rings. The van der Waals surface area contributed by atoms with E-state index >= 15 is 0 Å². The van der Waals surface area contributed by atoms with Gasteiger partial charge in [0.05, 0.1) is 5.56 Å². The molecule has 1 atom stereocenters. The summed E-state index contributed by atoms with van der Waals surface area (Å²) in [6.45, 7) is 5.15. The highest BCUT2D eigenvalue weighted by Crippen LogP contribution is 2.29. The van der Waals surface area contributed by atoms with Crippen molar-refractivity contribution < 1.29 is 24.0 Å². The number of rotatable bonds is 1. The molecular weight excluding hydrogens is 268 g/mol. The van der Waals surface area contributed by atoms with E-state index in [1.807, 2.05) is 0 Å². The van der Waals surface area contributed by atoms with Crippen LogP contribution in [0.3, 0.4) is 0 Å². The minimum absolute atomic E-state index is 0.0420. The van der Waals surface area contributed by atoms with Gasteiger partial charge in [-0.3, -0.25) is 9.69 Å². The summed E-state index contributed by atoms with van der Waals surface area (Å²) in [5.41, 5.74) is -0.938. The number of aromatic nitrogens is 1. The molecule has 8 nitrogen and oxygen atoms in total. The van der Waals surface area contributed by atoms with Crippen LogP contribution in [0, 0.1) is 0 Å². The van der Waals surface area contributed by atoms with Crippen LogP contribution in [-0.2, 0) is 16.0 Å². The van der Waals surface area contributed by atoms with E-state index < -0.39 is 29.3 Å². The lowest BCUT2D eigenvalue weighted by molar-refractivity contribution is -0.144. The van der Waals surface area contributed by atoms with Crippen molar-refractivity contribution in [1.82, 2.24) is 10.1 Å². The standard InChI is InChI=1S/C12H16N2O6/c1-12(2,3)19-11(18)14-5-4-6-8(7(14)10(16)17)20-13-9(6)15/h7H,4-5H2,1-3H3,(H,13,15)(H,16,17). The first-order chi connectivity index (χ1) is 9.20. The van der Waals surface area contributed by atoms with Crippen molar-refractivity contribution in [2.45, 2.75) is 38.8 Å². The second-order valence-electron chi connectivity index (χ2n) is 5.54. The Balaban J connectivity index is 2.34. The van der Waals surface area contributed by atoms with Crippen LogP contribution in [-0.4, -0.2) is 39.4 Å². The fourth-order valence-electron chi connectivity index (χ4n) is 2.06. The van der Waals surface area contributed by atoms with Gasteiger partial charge in [0.1, 0.15) is 5.60 Å². The molecule has 2 heterocycles. The number of nitrogens with zero attached hydrogens (tertiary/aromatic N) is 1. The Hall–Kier alpha value is -2.25. The maximum Gasteiger partial charge on any atom is 0.411 e. The zero-order chi connectivity index (χ0) is 15.1. The Morgan fingerprint density at radius 3 is 2.65 bits per heavy atom. The summed E-state index contributed by atoms with van der Waals surface area (Å²) in [5, 5.41) is 11.4. The Morgan fingerprint density at radius 1 is 1.45 bits per heavy atom. The van der Waals surface area contributed by atoms with Gasteiger partial charge in [-0.15, -0.1) is 0 Å². The lowest BCUT2D eigenvalue weighted by Crippen LogP contribution is -2.46. The lowest BCUT2D eigenvalue weighted by Gasteiger charge is -2.32. The Kier molecular flexibility index (Phi) is 3.33. The maximum absolute atomic E-state index is 12.1. The molecular formula is C12H16N2O6. The van der Waals surface area contributed by atoms with Crippen LogP contribution in [0.5, 0.6) is 0 Å². The summed E-state index contributed by atoms with van der Waals surface area (Å²) in [4.78, 5) is 35.9. The highest BCUT2D eigenvalue weighted by atomic mass is 16.6. The number of ether oxygens (including phenoxy) is 1. The maximum atomic E-state index is 12.1. The molecule has 8 heteroatoms. The third kappa shape index (κ3) is 2.54. The van der Waals surface area contributed by atoms with E-state index in [9.17, 15) is 19.5 Å². The van der Waals surface area contributed by atoms with Crippen molar-refractivity contribution in [3.8, 4) is 0 Å². The van der Waals surface area contributed by atoms with Crippen LogP contribution in [0.1, 0.15) is 38.1 Å². The number of aromatic amines is 1. The van der Waals surface area contributed by atoms with Crippen LogP contribution < -0.4 is 5.56 Å². The fraction of sp³-hybridized carbons (Fsp3) is 0.583. The number of nitrogens with one attached hydrogen (secondary N) is 1. The number of carbonyl (C=O) groups excluding carboxylic acids is 1. The van der Waals surface area contributed by atoms with E-state index in [-0.39, 0.29) is 24.3 Å². The summed E-state index contributed by atoms with van der Waals surface area (Å²) < 4.78 is 10.1.